The Morgan fingerprint density at radius 3 is 1.56 bits per heavy atom. The first-order chi connectivity index (χ1) is 22.5. The van der Waals surface area contributed by atoms with Gasteiger partial charge in [0.05, 0.1) is 17.9 Å². The van der Waals surface area contributed by atoms with E-state index < -0.39 is 16.8 Å². The van der Waals surface area contributed by atoms with Gasteiger partial charge in [0.1, 0.15) is 18.9 Å². The second-order valence-electron chi connectivity index (χ2n) is 18.1. The predicted molar refractivity (Wildman–Crippen MR) is 184 cm³/mol. The Labute approximate surface area is 287 Å². The maximum absolute atomic E-state index is 13.1. The van der Waals surface area contributed by atoms with Gasteiger partial charge in [0, 0.05) is 18.4 Å². The van der Waals surface area contributed by atoms with Gasteiger partial charge in [-0.2, -0.15) is 0 Å². The lowest BCUT2D eigenvalue weighted by atomic mass is 9.42. The monoisotopic (exact) mass is 662 g/mol. The van der Waals surface area contributed by atoms with Crippen LogP contribution in [0, 0.1) is 56.2 Å². The number of ether oxygens (including phenoxy) is 1. The van der Waals surface area contributed by atoms with Gasteiger partial charge in [-0.3, -0.25) is 14.4 Å². The summed E-state index contributed by atoms with van der Waals surface area (Å²) in [5, 5.41) is 0. The summed E-state index contributed by atoms with van der Waals surface area (Å²) < 4.78 is 4.83. The molecule has 0 N–H and O–H groups in total. The Kier molecular flexibility index (Phi) is 9.82. The number of carbonyl (C=O) groups excluding carboxylic acids is 6. The molecule has 0 aromatic carbocycles. The van der Waals surface area contributed by atoms with Crippen molar-refractivity contribution >= 4 is 36.4 Å². The normalized spacial score (nSPS) is 41.4. The molecule has 6 aliphatic carbocycles. The zero-order valence-corrected chi connectivity index (χ0v) is 30.5. The van der Waals surface area contributed by atoms with Gasteiger partial charge in [0.25, 0.3) is 0 Å². The number of esters is 1. The Hall–Kier alpha value is -2.70. The highest BCUT2D eigenvalue weighted by Crippen LogP contribution is 2.67. The number of Topliss-reactive ketones (excluding diaryl/α,β-unsaturated/α-hetero) is 2. The predicted octanol–water partition coefficient (Wildman–Crippen LogP) is 7.78. The topological polar surface area (TPSA) is 112 Å². The first-order valence-electron chi connectivity index (χ1n) is 18.4. The molecule has 264 valence electrons. The number of carbonyl (C=O) groups is 6. The van der Waals surface area contributed by atoms with Crippen molar-refractivity contribution in [2.24, 2.45) is 56.2 Å². The number of rotatable bonds is 4. The van der Waals surface area contributed by atoms with Crippen molar-refractivity contribution in [3.05, 3.63) is 23.3 Å². The molecule has 0 bridgehead atoms. The molecule has 0 aromatic heterocycles. The minimum absolute atomic E-state index is 0.00536. The molecular weight excluding hydrogens is 604 g/mol. The molecule has 6 rings (SSSR count). The first kappa shape index (κ1) is 36.6. The van der Waals surface area contributed by atoms with Crippen LogP contribution in [0.1, 0.15) is 131 Å². The van der Waals surface area contributed by atoms with Gasteiger partial charge in [0.2, 0.25) is 0 Å². The molecule has 0 amide bonds. The number of aldehydes is 3. The fourth-order valence-electron chi connectivity index (χ4n) is 12.7. The lowest BCUT2D eigenvalue weighted by Gasteiger charge is -2.61. The van der Waals surface area contributed by atoms with Crippen LogP contribution in [0.2, 0.25) is 0 Å². The van der Waals surface area contributed by atoms with E-state index in [4.69, 9.17) is 4.74 Å². The lowest BCUT2D eigenvalue weighted by Crippen LogP contribution is -2.58. The van der Waals surface area contributed by atoms with Crippen molar-refractivity contribution in [1.82, 2.24) is 0 Å². The summed E-state index contributed by atoms with van der Waals surface area (Å²) in [6.45, 7) is 13.9. The molecule has 0 saturated heterocycles. The minimum atomic E-state index is -0.940. The van der Waals surface area contributed by atoms with E-state index in [1.807, 2.05) is 12.2 Å². The maximum Gasteiger partial charge on any atom is 0.333 e. The third kappa shape index (κ3) is 5.63. The zero-order valence-electron chi connectivity index (χ0n) is 30.5. The van der Waals surface area contributed by atoms with Crippen LogP contribution >= 0.6 is 0 Å². The summed E-state index contributed by atoms with van der Waals surface area (Å²) in [5.41, 5.74) is -0.394. The van der Waals surface area contributed by atoms with Gasteiger partial charge in [-0.15, -0.1) is 0 Å². The van der Waals surface area contributed by atoms with Crippen molar-refractivity contribution in [3.63, 3.8) is 0 Å². The second-order valence-corrected chi connectivity index (χ2v) is 18.1. The third-order valence-electron chi connectivity index (χ3n) is 15.1. The molecule has 0 radical (unpaired) electrons. The van der Waals surface area contributed by atoms with E-state index in [1.54, 1.807) is 0 Å². The van der Waals surface area contributed by atoms with Gasteiger partial charge >= 0.3 is 5.97 Å². The van der Waals surface area contributed by atoms with E-state index in [0.717, 1.165) is 57.4 Å². The highest BCUT2D eigenvalue weighted by molar-refractivity contribution is 6.05. The van der Waals surface area contributed by atoms with Crippen LogP contribution < -0.4 is 0 Å². The molecule has 7 heteroatoms. The molecule has 8 atom stereocenters. The minimum Gasteiger partial charge on any atom is -0.466 e. The SMILES string of the molecule is CC1(C)CCC[C@@]2(C)C1CC[C@@]1(C=O)C(=O)CC(C=O)=CC[C@@H]12.COC(=O)C1=CC[C@H]2[C@@](C=O)(CCC3C(C)(C)CCC[C@@]32C)C(=O)C1. The van der Waals surface area contributed by atoms with E-state index in [9.17, 15) is 28.8 Å². The number of methoxy groups -OCH3 is 1. The van der Waals surface area contributed by atoms with Gasteiger partial charge in [-0.05, 0) is 115 Å². The van der Waals surface area contributed by atoms with E-state index in [2.05, 4.69) is 41.5 Å². The molecule has 2 unspecified atom stereocenters. The third-order valence-corrected chi connectivity index (χ3v) is 15.1. The Balaban J connectivity index is 0.000000188. The van der Waals surface area contributed by atoms with Crippen LogP contribution in [0.5, 0.6) is 0 Å². The van der Waals surface area contributed by atoms with Crippen LogP contribution in [0.4, 0.5) is 0 Å². The summed E-state index contributed by atoms with van der Waals surface area (Å²) in [5.74, 6) is 0.495. The molecule has 0 aliphatic heterocycles. The number of ketones is 2. The van der Waals surface area contributed by atoms with Gasteiger partial charge in [-0.25, -0.2) is 4.79 Å². The van der Waals surface area contributed by atoms with Crippen molar-refractivity contribution in [3.8, 4) is 0 Å². The fourth-order valence-corrected chi connectivity index (χ4v) is 12.7. The van der Waals surface area contributed by atoms with Crippen LogP contribution in [0.25, 0.3) is 0 Å². The molecule has 48 heavy (non-hydrogen) atoms. The van der Waals surface area contributed by atoms with Crippen molar-refractivity contribution in [2.45, 2.75) is 131 Å². The van der Waals surface area contributed by atoms with Crippen molar-refractivity contribution in [1.29, 1.82) is 0 Å². The molecular formula is C41H58O7. The molecule has 6 aliphatic rings. The number of allylic oxidation sites excluding steroid dienone is 3. The maximum atomic E-state index is 13.1. The van der Waals surface area contributed by atoms with E-state index >= 15 is 0 Å². The molecule has 7 nitrogen and oxygen atoms in total. The van der Waals surface area contributed by atoms with Crippen LogP contribution in [0.15, 0.2) is 23.3 Å². The molecule has 0 aromatic rings. The summed E-state index contributed by atoms with van der Waals surface area (Å²) in [6.07, 6.45) is 17.9. The zero-order chi connectivity index (χ0) is 35.3. The number of hydrogen-bond acceptors (Lipinski definition) is 7. The largest absolute Gasteiger partial charge is 0.466 e. The van der Waals surface area contributed by atoms with Gasteiger partial charge in [0.15, 0.2) is 11.6 Å². The van der Waals surface area contributed by atoms with E-state index in [0.29, 0.717) is 48.7 Å². The quantitative estimate of drug-likeness (QED) is 0.172. The van der Waals surface area contributed by atoms with E-state index in [1.165, 1.54) is 20.0 Å². The van der Waals surface area contributed by atoms with E-state index in [-0.39, 0.29) is 57.9 Å². The average molecular weight is 663 g/mol. The molecule has 0 spiro atoms. The smallest absolute Gasteiger partial charge is 0.333 e. The molecule has 4 fully saturated rings. The Bertz CT molecular complexity index is 1420. The second kappa shape index (κ2) is 12.9. The summed E-state index contributed by atoms with van der Waals surface area (Å²) in [7, 11) is 1.34. The van der Waals surface area contributed by atoms with Crippen LogP contribution in [-0.4, -0.2) is 43.5 Å². The highest BCUT2D eigenvalue weighted by atomic mass is 16.5. The summed E-state index contributed by atoms with van der Waals surface area (Å²) in [6, 6.07) is 0. The Morgan fingerprint density at radius 2 is 1.12 bits per heavy atom. The average Bonchev–Trinajstić information content (AvgIpc) is 3.29. The first-order valence-corrected chi connectivity index (χ1v) is 18.4. The van der Waals surface area contributed by atoms with Crippen LogP contribution in [0.3, 0.4) is 0 Å². The summed E-state index contributed by atoms with van der Waals surface area (Å²) in [4.78, 5) is 73.6. The van der Waals surface area contributed by atoms with Gasteiger partial charge < -0.3 is 14.3 Å². The van der Waals surface area contributed by atoms with Gasteiger partial charge in [-0.1, -0.05) is 66.5 Å². The number of hydrogen-bond donors (Lipinski definition) is 0. The highest BCUT2D eigenvalue weighted by Gasteiger charge is 2.63. The number of fused-ring (bicyclic) bond motifs is 6. The van der Waals surface area contributed by atoms with Crippen LogP contribution in [-0.2, 0) is 33.5 Å². The molecule has 4 saturated carbocycles. The van der Waals surface area contributed by atoms with Crippen molar-refractivity contribution in [2.75, 3.05) is 7.11 Å². The fraction of sp³-hybridized carbons (Fsp3) is 0.756. The standard InChI is InChI=1S/C21H30O4.C20H28O3/c1-19(2)9-5-10-20(3)15(19)8-11-21(13-22)16(20)7-6-14(12-17(21)23)18(24)25-4;1-18(2)8-4-9-19(3)15(18)7-10-20(13-22)16(19)6-5-14(12-21)11-17(20)23/h6,13,15-16H,5,7-12H2,1-4H3;5,12-13,15-16H,4,6-11H2,1-3H3/t15?,16-,20+,21+;15?,16-,19+,20+/m11/s1. The summed E-state index contributed by atoms with van der Waals surface area (Å²) >= 11 is 0. The lowest BCUT2D eigenvalue weighted by molar-refractivity contribution is -0.163. The Morgan fingerprint density at radius 1 is 0.667 bits per heavy atom. The molecule has 0 heterocycles. The van der Waals surface area contributed by atoms with Crippen molar-refractivity contribution < 1.29 is 33.5 Å².